The molecule has 3 N–H and O–H groups in total. The summed E-state index contributed by atoms with van der Waals surface area (Å²) in [7, 11) is -3.28. The Morgan fingerprint density at radius 2 is 1.40 bits per heavy atom. The van der Waals surface area contributed by atoms with Gasteiger partial charge in [-0.2, -0.15) is 8.42 Å². The highest BCUT2D eigenvalue weighted by Gasteiger charge is 2.29. The van der Waals surface area contributed by atoms with Gasteiger partial charge in [0, 0.05) is 36.7 Å². The van der Waals surface area contributed by atoms with E-state index in [4.69, 9.17) is 25.7 Å². The first-order valence-electron chi connectivity index (χ1n) is 17.7. The molecule has 11 nitrogen and oxygen atoms in total. The molecule has 1 aliphatic heterocycles. The molecule has 0 aromatic heterocycles. The number of carbonyl (C=O) groups excluding carboxylic acids is 1. The Hall–Kier alpha value is -3.44. The molecule has 1 fully saturated rings. The molecule has 12 heteroatoms. The maximum absolute atomic E-state index is 10.6. The van der Waals surface area contributed by atoms with E-state index in [9.17, 15) is 18.3 Å². The van der Waals surface area contributed by atoms with Crippen LogP contribution < -0.4 is 14.8 Å². The lowest BCUT2D eigenvalue weighted by molar-refractivity contribution is -0.117. The molecule has 0 bridgehead atoms. The van der Waals surface area contributed by atoms with Crippen LogP contribution in [-0.4, -0.2) is 105 Å². The molecule has 1 aliphatic rings. The summed E-state index contributed by atoms with van der Waals surface area (Å²) in [6.45, 7) is 26.6. The van der Waals surface area contributed by atoms with E-state index >= 15 is 0 Å². The number of aliphatic hydroxyl groups excluding tert-OH is 2. The molecule has 53 heavy (non-hydrogen) atoms. The van der Waals surface area contributed by atoms with Gasteiger partial charge in [0.25, 0.3) is 10.1 Å². The van der Waals surface area contributed by atoms with E-state index in [-0.39, 0.29) is 43.8 Å². The average molecular weight is 763 g/mol. The van der Waals surface area contributed by atoms with Gasteiger partial charge in [0.15, 0.2) is 0 Å². The molecule has 1 amide bonds. The third-order valence-corrected chi connectivity index (χ3v) is 7.32. The van der Waals surface area contributed by atoms with Crippen LogP contribution in [0, 0.1) is 18.3 Å². The van der Waals surface area contributed by atoms with Crippen LogP contribution in [0.25, 0.3) is 0 Å². The van der Waals surface area contributed by atoms with Gasteiger partial charge in [-0.3, -0.25) is 13.9 Å². The van der Waals surface area contributed by atoms with Gasteiger partial charge in [0.1, 0.15) is 30.8 Å². The van der Waals surface area contributed by atoms with Crippen LogP contribution in [0.4, 0.5) is 0 Å². The maximum Gasteiger partial charge on any atom is 0.264 e. The van der Waals surface area contributed by atoms with Crippen molar-refractivity contribution >= 4 is 16.0 Å². The minimum absolute atomic E-state index is 0.121. The summed E-state index contributed by atoms with van der Waals surface area (Å²) in [4.78, 5) is 13.0. The number of hydrogen-bond donors (Lipinski definition) is 3. The summed E-state index contributed by atoms with van der Waals surface area (Å²) in [5.74, 6) is 3.85. The molecule has 2 unspecified atom stereocenters. The van der Waals surface area contributed by atoms with Crippen molar-refractivity contribution in [2.45, 2.75) is 98.4 Å². The van der Waals surface area contributed by atoms with E-state index in [1.807, 2.05) is 76.2 Å². The van der Waals surface area contributed by atoms with E-state index < -0.39 is 21.8 Å². The van der Waals surface area contributed by atoms with E-state index in [1.54, 1.807) is 20.8 Å². The Labute approximate surface area is 320 Å². The number of ether oxygens (including phenoxy) is 3. The highest BCUT2D eigenvalue weighted by Crippen LogP contribution is 2.20. The number of rotatable bonds is 14. The zero-order valence-electron chi connectivity index (χ0n) is 33.9. The van der Waals surface area contributed by atoms with Crippen molar-refractivity contribution in [2.75, 3.05) is 52.4 Å². The van der Waals surface area contributed by atoms with Gasteiger partial charge in [-0.15, -0.1) is 6.42 Å². The van der Waals surface area contributed by atoms with Gasteiger partial charge >= 0.3 is 0 Å². The molecule has 3 rings (SSSR count). The quantitative estimate of drug-likeness (QED) is 0.0730. The number of nitrogens with one attached hydrogen (secondary N) is 1. The summed E-state index contributed by atoms with van der Waals surface area (Å²) in [6.07, 6.45) is 7.48. The molecular formula is C41H66N2O9S. The number of amides is 1. The van der Waals surface area contributed by atoms with E-state index in [1.165, 1.54) is 24.7 Å². The van der Waals surface area contributed by atoms with Gasteiger partial charge in [-0.25, -0.2) is 0 Å². The minimum Gasteiger partial charge on any atom is -0.493 e. The predicted molar refractivity (Wildman–Crippen MR) is 214 cm³/mol. The fraction of sp³-hybridized carbons (Fsp3) is 0.585. The van der Waals surface area contributed by atoms with Crippen LogP contribution >= 0.6 is 0 Å². The lowest BCUT2D eigenvalue weighted by Gasteiger charge is -2.18. The van der Waals surface area contributed by atoms with Crippen LogP contribution in [0.2, 0.25) is 0 Å². The molecule has 300 valence electrons. The molecule has 0 aliphatic carbocycles. The Bertz CT molecular complexity index is 1460. The highest BCUT2D eigenvalue weighted by molar-refractivity contribution is 7.86. The van der Waals surface area contributed by atoms with Crippen molar-refractivity contribution in [1.82, 2.24) is 10.2 Å². The smallest absolute Gasteiger partial charge is 0.264 e. The van der Waals surface area contributed by atoms with Crippen molar-refractivity contribution in [3.05, 3.63) is 72.3 Å². The van der Waals surface area contributed by atoms with Gasteiger partial charge in [0.2, 0.25) is 5.91 Å². The second-order valence-electron chi connectivity index (χ2n) is 15.7. The summed E-state index contributed by atoms with van der Waals surface area (Å²) < 4.78 is 41.7. The van der Waals surface area contributed by atoms with Gasteiger partial charge < -0.3 is 29.7 Å². The first kappa shape index (κ1) is 49.6. The first-order valence-corrected chi connectivity index (χ1v) is 19.5. The molecule has 2 aromatic carbocycles. The topological polar surface area (TPSA) is 144 Å². The average Bonchev–Trinajstić information content (AvgIpc) is 3.89. The minimum atomic E-state index is -3.28. The van der Waals surface area contributed by atoms with E-state index in [0.717, 1.165) is 24.0 Å². The van der Waals surface area contributed by atoms with Crippen molar-refractivity contribution in [3.8, 4) is 23.8 Å². The van der Waals surface area contributed by atoms with E-state index in [0.29, 0.717) is 17.9 Å². The Balaban J connectivity index is 0.000000871. The van der Waals surface area contributed by atoms with Crippen LogP contribution in [0.5, 0.6) is 11.5 Å². The number of nitrogens with zero attached hydrogens (tertiary/aromatic N) is 1. The number of terminal acetylenes is 1. The van der Waals surface area contributed by atoms with Crippen molar-refractivity contribution in [1.29, 1.82) is 0 Å². The van der Waals surface area contributed by atoms with Crippen LogP contribution in [0.3, 0.4) is 0 Å². The second-order valence-corrected chi connectivity index (χ2v) is 17.3. The summed E-state index contributed by atoms with van der Waals surface area (Å²) >= 11 is 0. The summed E-state index contributed by atoms with van der Waals surface area (Å²) in [5.41, 5.74) is 2.03. The fourth-order valence-corrected chi connectivity index (χ4v) is 4.93. The monoisotopic (exact) mass is 762 g/mol. The number of aliphatic hydroxyl groups is 2. The standard InChI is InChI=1S/C23H28O5.C7H13NO.C6H13N.C5H12O3S/c1-3-12-26-16-21(25)17-28-23-10-6-20(7-11-23)13-19-4-8-22(9-5-19)27-15-18(2)14-24;1-5-6(9)8-7(2,3)4;1-6(2,3)7-4-5-7;1-5(2,3)8-9(4,6)7/h1,4-11,18,21,24-25H,12-17H2,2H3;5H,1H2,2-4H3,(H,8,9);4-5H2,1-3H3;1-4H3. The van der Waals surface area contributed by atoms with Gasteiger partial charge in [-0.1, -0.05) is 43.7 Å². The van der Waals surface area contributed by atoms with Crippen molar-refractivity contribution in [3.63, 3.8) is 0 Å². The number of carbonyl (C=O) groups is 1. The lowest BCUT2D eigenvalue weighted by atomic mass is 10.0. The molecule has 1 heterocycles. The lowest BCUT2D eigenvalue weighted by Crippen LogP contribution is -2.39. The molecule has 2 atom stereocenters. The molecule has 1 saturated heterocycles. The first-order chi connectivity index (χ1) is 24.4. The Morgan fingerprint density at radius 3 is 1.68 bits per heavy atom. The number of benzene rings is 2. The largest absolute Gasteiger partial charge is 0.493 e. The van der Waals surface area contributed by atoms with Gasteiger partial charge in [0.05, 0.1) is 25.1 Å². The van der Waals surface area contributed by atoms with Crippen molar-refractivity contribution in [2.24, 2.45) is 5.92 Å². The highest BCUT2D eigenvalue weighted by atomic mass is 32.2. The third-order valence-electron chi connectivity index (χ3n) is 6.52. The summed E-state index contributed by atoms with van der Waals surface area (Å²) in [5, 5.41) is 21.5. The van der Waals surface area contributed by atoms with Crippen molar-refractivity contribution < 1.29 is 41.8 Å². The molecule has 0 spiro atoms. The fourth-order valence-electron chi connectivity index (χ4n) is 4.02. The summed E-state index contributed by atoms with van der Waals surface area (Å²) in [6, 6.07) is 15.7. The Morgan fingerprint density at radius 1 is 0.925 bits per heavy atom. The van der Waals surface area contributed by atoms with Crippen LogP contribution in [0.1, 0.15) is 80.4 Å². The zero-order valence-corrected chi connectivity index (χ0v) is 34.7. The number of hydrogen-bond acceptors (Lipinski definition) is 10. The van der Waals surface area contributed by atoms with Crippen LogP contribution in [0.15, 0.2) is 61.2 Å². The zero-order chi connectivity index (χ0) is 40.9. The Kier molecular flexibility index (Phi) is 22.5. The van der Waals surface area contributed by atoms with Gasteiger partial charge in [-0.05, 0) is 110 Å². The maximum atomic E-state index is 10.6. The second kappa shape index (κ2) is 24.1. The molecule has 0 saturated carbocycles. The van der Waals surface area contributed by atoms with E-state index in [2.05, 4.69) is 47.7 Å². The molecule has 0 radical (unpaired) electrons. The normalized spacial score (nSPS) is 13.9. The predicted octanol–water partition coefficient (Wildman–Crippen LogP) is 5.62. The molecular weight excluding hydrogens is 697 g/mol. The molecule has 2 aromatic rings. The SMILES string of the molecule is C#CCOCC(O)COc1ccc(Cc2ccc(OCC(C)CO)cc2)cc1.C=CC(=O)NC(C)(C)C.CC(C)(C)N1CC1.CC(C)(C)OS(C)(=O)=O. The third kappa shape index (κ3) is 29.7. The van der Waals surface area contributed by atoms with Crippen LogP contribution in [-0.2, 0) is 30.3 Å².